The van der Waals surface area contributed by atoms with E-state index in [9.17, 15) is 22.0 Å². The lowest BCUT2D eigenvalue weighted by molar-refractivity contribution is -0.115. The number of nitrogens with zero attached hydrogens (tertiary/aromatic N) is 1. The highest BCUT2D eigenvalue weighted by atomic mass is 32.2. The summed E-state index contributed by atoms with van der Waals surface area (Å²) in [4.78, 5) is 11.8. The number of para-hydroxylation sites is 1. The predicted octanol–water partition coefficient (Wildman–Crippen LogP) is 2.76. The van der Waals surface area contributed by atoms with Gasteiger partial charge in [-0.05, 0) is 17.7 Å². The number of carbonyl (C=O) groups is 1. The number of benzene rings is 2. The normalized spacial score (nSPS) is 11.5. The number of hydrogen-bond acceptors (Lipinski definition) is 3. The van der Waals surface area contributed by atoms with Crippen molar-refractivity contribution in [3.05, 3.63) is 65.7 Å². The van der Waals surface area contributed by atoms with E-state index >= 15 is 0 Å². The lowest BCUT2D eigenvalue weighted by Gasteiger charge is -2.17. The molecule has 8 heteroatoms. The van der Waals surface area contributed by atoms with Crippen LogP contribution in [0.3, 0.4) is 0 Å². The third-order valence-corrected chi connectivity index (χ3v) is 5.34. The second kappa shape index (κ2) is 8.17. The lowest BCUT2D eigenvalue weighted by atomic mass is 10.2. The van der Waals surface area contributed by atoms with Crippen LogP contribution in [-0.4, -0.2) is 31.4 Å². The highest BCUT2D eigenvalue weighted by Crippen LogP contribution is 2.18. The minimum Gasteiger partial charge on any atom is -0.321 e. The molecule has 0 atom stereocenters. The number of sulfonamides is 1. The van der Waals surface area contributed by atoms with Crippen molar-refractivity contribution < 1.29 is 22.0 Å². The monoisotopic (exact) mass is 368 g/mol. The maximum Gasteiger partial charge on any atom is 0.225 e. The van der Waals surface area contributed by atoms with Crippen LogP contribution in [0.4, 0.5) is 14.5 Å². The fourth-order valence-electron chi connectivity index (χ4n) is 2.14. The molecule has 2 rings (SSSR count). The molecule has 0 aliphatic carbocycles. The molecule has 0 saturated carbocycles. The molecule has 0 unspecified atom stereocenters. The van der Waals surface area contributed by atoms with Crippen LogP contribution in [0.15, 0.2) is 48.5 Å². The molecule has 134 valence electrons. The van der Waals surface area contributed by atoms with Crippen LogP contribution in [0.25, 0.3) is 0 Å². The minimum absolute atomic E-state index is 0.173. The number of hydrogen-bond donors (Lipinski definition) is 1. The first-order valence-corrected chi connectivity index (χ1v) is 9.12. The van der Waals surface area contributed by atoms with Gasteiger partial charge in [-0.25, -0.2) is 21.5 Å². The van der Waals surface area contributed by atoms with E-state index in [-0.39, 0.29) is 6.54 Å². The first-order valence-electron chi connectivity index (χ1n) is 7.51. The Balaban J connectivity index is 1.93. The van der Waals surface area contributed by atoms with Crippen molar-refractivity contribution in [2.45, 2.75) is 13.0 Å². The molecule has 2 aromatic rings. The van der Waals surface area contributed by atoms with E-state index < -0.39 is 45.4 Å². The smallest absolute Gasteiger partial charge is 0.225 e. The fraction of sp³-hybridized carbons (Fsp3) is 0.235. The van der Waals surface area contributed by atoms with Crippen molar-refractivity contribution in [3.8, 4) is 0 Å². The van der Waals surface area contributed by atoms with Crippen molar-refractivity contribution in [1.82, 2.24) is 4.31 Å². The molecule has 0 aliphatic rings. The molecule has 0 bridgehead atoms. The topological polar surface area (TPSA) is 66.5 Å². The largest absolute Gasteiger partial charge is 0.321 e. The Morgan fingerprint density at radius 1 is 1.04 bits per heavy atom. The lowest BCUT2D eigenvalue weighted by Crippen LogP contribution is -2.30. The maximum absolute atomic E-state index is 13.5. The molecular weight excluding hydrogens is 350 g/mol. The summed E-state index contributed by atoms with van der Waals surface area (Å²) >= 11 is 0. The third kappa shape index (κ3) is 5.33. The molecule has 2 aromatic carbocycles. The molecule has 0 aromatic heterocycles. The van der Waals surface area contributed by atoms with E-state index in [1.807, 2.05) is 6.07 Å². The minimum atomic E-state index is -3.68. The van der Waals surface area contributed by atoms with Crippen LogP contribution < -0.4 is 5.32 Å². The Morgan fingerprint density at radius 2 is 1.64 bits per heavy atom. The Labute approximate surface area is 145 Å². The van der Waals surface area contributed by atoms with Crippen LogP contribution in [-0.2, 0) is 21.4 Å². The molecule has 0 fully saturated rings. The van der Waals surface area contributed by atoms with E-state index in [1.54, 1.807) is 24.3 Å². The van der Waals surface area contributed by atoms with Crippen molar-refractivity contribution in [1.29, 1.82) is 0 Å². The van der Waals surface area contributed by atoms with Gasteiger partial charge < -0.3 is 5.32 Å². The molecule has 0 saturated heterocycles. The van der Waals surface area contributed by atoms with E-state index in [2.05, 4.69) is 5.32 Å². The van der Waals surface area contributed by atoms with Gasteiger partial charge in [-0.15, -0.1) is 0 Å². The Kier molecular flexibility index (Phi) is 6.22. The Hall–Kier alpha value is -2.32. The Bertz CT molecular complexity index is 822. The van der Waals surface area contributed by atoms with Gasteiger partial charge >= 0.3 is 0 Å². The highest BCUT2D eigenvalue weighted by molar-refractivity contribution is 7.89. The van der Waals surface area contributed by atoms with Crippen molar-refractivity contribution in [2.24, 2.45) is 0 Å². The zero-order valence-corrected chi connectivity index (χ0v) is 14.4. The number of carbonyl (C=O) groups excluding carboxylic acids is 1. The highest BCUT2D eigenvalue weighted by Gasteiger charge is 2.20. The zero-order chi connectivity index (χ0) is 18.4. The van der Waals surface area contributed by atoms with Gasteiger partial charge in [-0.2, -0.15) is 0 Å². The molecular formula is C17H18F2N2O3S. The number of amides is 1. The van der Waals surface area contributed by atoms with Gasteiger partial charge in [0.1, 0.15) is 17.3 Å². The zero-order valence-electron chi connectivity index (χ0n) is 13.6. The average molecular weight is 368 g/mol. The molecule has 0 aliphatic heterocycles. The maximum atomic E-state index is 13.5. The van der Waals surface area contributed by atoms with Crippen molar-refractivity contribution in [3.63, 3.8) is 0 Å². The van der Waals surface area contributed by atoms with Gasteiger partial charge in [0.2, 0.25) is 15.9 Å². The number of halogens is 2. The first kappa shape index (κ1) is 19.0. The molecule has 1 N–H and O–H groups in total. The molecule has 25 heavy (non-hydrogen) atoms. The standard InChI is InChI=1S/C17H18F2N2O3S/c1-21(12-13-6-3-2-4-7-13)25(23,24)11-10-16(22)20-17-14(18)8-5-9-15(17)19/h2-9H,10-12H2,1H3,(H,20,22). The van der Waals surface area contributed by atoms with Gasteiger partial charge in [0, 0.05) is 20.0 Å². The second-order valence-corrected chi connectivity index (χ2v) is 7.65. The summed E-state index contributed by atoms with van der Waals surface area (Å²) in [6.45, 7) is 0.173. The van der Waals surface area contributed by atoms with Crippen LogP contribution in [0.2, 0.25) is 0 Å². The van der Waals surface area contributed by atoms with Crippen LogP contribution in [0.5, 0.6) is 0 Å². The number of anilines is 1. The van der Waals surface area contributed by atoms with Gasteiger partial charge in [-0.3, -0.25) is 4.79 Å². The number of nitrogens with one attached hydrogen (secondary N) is 1. The molecule has 0 radical (unpaired) electrons. The average Bonchev–Trinajstić information content (AvgIpc) is 2.57. The SMILES string of the molecule is CN(Cc1ccccc1)S(=O)(=O)CCC(=O)Nc1c(F)cccc1F. The van der Waals surface area contributed by atoms with Crippen LogP contribution >= 0.6 is 0 Å². The van der Waals surface area contributed by atoms with Gasteiger partial charge in [-0.1, -0.05) is 36.4 Å². The summed E-state index contributed by atoms with van der Waals surface area (Å²) in [5.74, 6) is -3.08. The number of rotatable bonds is 7. The third-order valence-electron chi connectivity index (χ3n) is 3.54. The molecule has 0 spiro atoms. The van der Waals surface area contributed by atoms with Crippen molar-refractivity contribution >= 4 is 21.6 Å². The van der Waals surface area contributed by atoms with E-state index in [0.717, 1.165) is 22.0 Å². The van der Waals surface area contributed by atoms with Gasteiger partial charge in [0.15, 0.2) is 0 Å². The van der Waals surface area contributed by atoms with E-state index in [0.29, 0.717) is 0 Å². The molecule has 5 nitrogen and oxygen atoms in total. The summed E-state index contributed by atoms with van der Waals surface area (Å²) in [7, 11) is -2.27. The summed E-state index contributed by atoms with van der Waals surface area (Å²) in [6, 6.07) is 12.2. The predicted molar refractivity (Wildman–Crippen MR) is 91.3 cm³/mol. The fourth-order valence-corrected chi connectivity index (χ4v) is 3.24. The Morgan fingerprint density at radius 3 is 2.24 bits per heavy atom. The molecule has 0 heterocycles. The summed E-state index contributed by atoms with van der Waals surface area (Å²) < 4.78 is 52.5. The van der Waals surface area contributed by atoms with Gasteiger partial charge in [0.25, 0.3) is 0 Å². The van der Waals surface area contributed by atoms with Crippen molar-refractivity contribution in [2.75, 3.05) is 18.1 Å². The summed E-state index contributed by atoms with van der Waals surface area (Å²) in [5, 5.41) is 2.07. The second-order valence-electron chi connectivity index (χ2n) is 5.45. The first-order chi connectivity index (χ1) is 11.8. The van der Waals surface area contributed by atoms with Crippen LogP contribution in [0.1, 0.15) is 12.0 Å². The summed E-state index contributed by atoms with van der Waals surface area (Å²) in [5.41, 5.74) is 0.231. The van der Waals surface area contributed by atoms with E-state index in [4.69, 9.17) is 0 Å². The quantitative estimate of drug-likeness (QED) is 0.817. The molecule has 1 amide bonds. The van der Waals surface area contributed by atoms with Crippen LogP contribution in [0, 0.1) is 11.6 Å². The van der Waals surface area contributed by atoms with Gasteiger partial charge in [0.05, 0.1) is 5.75 Å². The van der Waals surface area contributed by atoms with E-state index in [1.165, 1.54) is 13.1 Å². The summed E-state index contributed by atoms with van der Waals surface area (Å²) in [6.07, 6.45) is -0.408.